The molecule has 0 spiro atoms. The molecule has 1 aromatic rings. The minimum Gasteiger partial charge on any atom is -0.464 e. The lowest BCUT2D eigenvalue weighted by Crippen LogP contribution is -2.21. The van der Waals surface area contributed by atoms with Crippen LogP contribution in [0.4, 0.5) is 0 Å². The Morgan fingerprint density at radius 2 is 2.11 bits per heavy atom. The molecule has 0 heterocycles. The fourth-order valence-electron chi connectivity index (χ4n) is 1.50. The number of carbonyl (C=O) groups is 2. The number of esters is 1. The number of allylic oxidation sites excluding steroid dienone is 1. The van der Waals surface area contributed by atoms with Crippen molar-refractivity contribution in [3.8, 4) is 0 Å². The number of rotatable bonds is 5. The number of nitrogens with one attached hydrogen (secondary N) is 1. The molecule has 0 aromatic heterocycles. The van der Waals surface area contributed by atoms with Crippen LogP contribution in [0.2, 0.25) is 0 Å². The van der Waals surface area contributed by atoms with E-state index in [0.29, 0.717) is 17.8 Å². The number of ether oxygens (including phenoxy) is 1. The SMILES string of the molecule is CC=C(NCc1cccc(C(C)=O)c1)C(=O)OC. The number of Topliss-reactive ketones (excluding diaryl/α,β-unsaturated/α-hetero) is 1. The summed E-state index contributed by atoms with van der Waals surface area (Å²) in [6.07, 6.45) is 1.65. The maximum absolute atomic E-state index is 11.3. The molecule has 0 bridgehead atoms. The van der Waals surface area contributed by atoms with Crippen LogP contribution in [0.15, 0.2) is 36.0 Å². The van der Waals surface area contributed by atoms with Crippen molar-refractivity contribution < 1.29 is 14.3 Å². The van der Waals surface area contributed by atoms with Crippen molar-refractivity contribution >= 4 is 11.8 Å². The highest BCUT2D eigenvalue weighted by atomic mass is 16.5. The first-order valence-electron chi connectivity index (χ1n) is 5.67. The minimum atomic E-state index is -0.403. The van der Waals surface area contributed by atoms with Crippen LogP contribution in [0.5, 0.6) is 0 Å². The van der Waals surface area contributed by atoms with E-state index in [4.69, 9.17) is 0 Å². The first-order valence-corrected chi connectivity index (χ1v) is 5.67. The molecule has 0 atom stereocenters. The third kappa shape index (κ3) is 3.73. The predicted octanol–water partition coefficient (Wildman–Crippen LogP) is 2.06. The zero-order chi connectivity index (χ0) is 13.5. The number of benzene rings is 1. The Kier molecular flexibility index (Phi) is 5.11. The zero-order valence-electron chi connectivity index (χ0n) is 10.8. The number of ketones is 1. The fourth-order valence-corrected chi connectivity index (χ4v) is 1.50. The summed E-state index contributed by atoms with van der Waals surface area (Å²) >= 11 is 0. The normalized spacial score (nSPS) is 10.9. The van der Waals surface area contributed by atoms with Crippen molar-refractivity contribution in [1.82, 2.24) is 5.32 Å². The van der Waals surface area contributed by atoms with E-state index in [1.165, 1.54) is 14.0 Å². The molecule has 0 fully saturated rings. The van der Waals surface area contributed by atoms with Crippen molar-refractivity contribution in [3.05, 3.63) is 47.2 Å². The van der Waals surface area contributed by atoms with Gasteiger partial charge in [-0.25, -0.2) is 4.79 Å². The molecule has 4 heteroatoms. The van der Waals surface area contributed by atoms with E-state index in [-0.39, 0.29) is 5.78 Å². The summed E-state index contributed by atoms with van der Waals surface area (Å²) < 4.78 is 4.63. The quantitative estimate of drug-likeness (QED) is 0.491. The molecule has 4 nitrogen and oxygen atoms in total. The number of hydrogen-bond acceptors (Lipinski definition) is 4. The molecule has 18 heavy (non-hydrogen) atoms. The lowest BCUT2D eigenvalue weighted by Gasteiger charge is -2.09. The van der Waals surface area contributed by atoms with Crippen LogP contribution in [-0.2, 0) is 16.1 Å². The average molecular weight is 247 g/mol. The van der Waals surface area contributed by atoms with Crippen LogP contribution in [-0.4, -0.2) is 18.9 Å². The van der Waals surface area contributed by atoms with Crippen molar-refractivity contribution in [2.24, 2.45) is 0 Å². The van der Waals surface area contributed by atoms with E-state index in [9.17, 15) is 9.59 Å². The van der Waals surface area contributed by atoms with E-state index in [1.54, 1.807) is 25.1 Å². The summed E-state index contributed by atoms with van der Waals surface area (Å²) in [6.45, 7) is 3.75. The van der Waals surface area contributed by atoms with Crippen LogP contribution in [0.3, 0.4) is 0 Å². The Hall–Kier alpha value is -2.10. The highest BCUT2D eigenvalue weighted by Crippen LogP contribution is 2.07. The summed E-state index contributed by atoms with van der Waals surface area (Å²) in [4.78, 5) is 22.6. The molecule has 0 aliphatic carbocycles. The Morgan fingerprint density at radius 3 is 2.67 bits per heavy atom. The number of carbonyl (C=O) groups excluding carboxylic acids is 2. The number of hydrogen-bond donors (Lipinski definition) is 1. The van der Waals surface area contributed by atoms with Crippen LogP contribution in [0, 0.1) is 0 Å². The minimum absolute atomic E-state index is 0.0241. The van der Waals surface area contributed by atoms with Gasteiger partial charge < -0.3 is 10.1 Å². The third-order valence-electron chi connectivity index (χ3n) is 2.51. The highest BCUT2D eigenvalue weighted by molar-refractivity contribution is 5.94. The summed E-state index contributed by atoms with van der Waals surface area (Å²) in [5.41, 5.74) is 2.01. The highest BCUT2D eigenvalue weighted by Gasteiger charge is 2.07. The molecule has 0 aliphatic rings. The van der Waals surface area contributed by atoms with Gasteiger partial charge in [-0.15, -0.1) is 0 Å². The van der Waals surface area contributed by atoms with E-state index in [0.717, 1.165) is 5.56 Å². The smallest absolute Gasteiger partial charge is 0.353 e. The van der Waals surface area contributed by atoms with E-state index in [1.807, 2.05) is 12.1 Å². The van der Waals surface area contributed by atoms with Crippen molar-refractivity contribution in [1.29, 1.82) is 0 Å². The summed E-state index contributed by atoms with van der Waals surface area (Å²) in [6, 6.07) is 7.29. The van der Waals surface area contributed by atoms with Gasteiger partial charge in [-0.1, -0.05) is 24.3 Å². The zero-order valence-corrected chi connectivity index (χ0v) is 10.8. The maximum Gasteiger partial charge on any atom is 0.353 e. The average Bonchev–Trinajstić information content (AvgIpc) is 2.39. The van der Waals surface area contributed by atoms with Gasteiger partial charge in [0.1, 0.15) is 5.70 Å². The topological polar surface area (TPSA) is 55.4 Å². The molecule has 0 unspecified atom stereocenters. The Labute approximate surface area is 107 Å². The largest absolute Gasteiger partial charge is 0.464 e. The molecule has 1 N–H and O–H groups in total. The second-order valence-corrected chi connectivity index (χ2v) is 3.80. The molecule has 0 saturated heterocycles. The third-order valence-corrected chi connectivity index (χ3v) is 2.51. The molecule has 1 aromatic carbocycles. The van der Waals surface area contributed by atoms with E-state index >= 15 is 0 Å². The standard InChI is InChI=1S/C14H17NO3/c1-4-13(14(17)18-3)15-9-11-6-5-7-12(8-11)10(2)16/h4-8,15H,9H2,1-3H3. The second kappa shape index (κ2) is 6.59. The molecule has 0 amide bonds. The second-order valence-electron chi connectivity index (χ2n) is 3.80. The molecule has 0 saturated carbocycles. The lowest BCUT2D eigenvalue weighted by molar-refractivity contribution is -0.136. The molecule has 1 rings (SSSR count). The van der Waals surface area contributed by atoms with Crippen molar-refractivity contribution in [2.45, 2.75) is 20.4 Å². The van der Waals surface area contributed by atoms with Gasteiger partial charge in [-0.05, 0) is 25.5 Å². The van der Waals surface area contributed by atoms with Gasteiger partial charge in [-0.2, -0.15) is 0 Å². The van der Waals surface area contributed by atoms with Gasteiger partial charge in [0, 0.05) is 12.1 Å². The van der Waals surface area contributed by atoms with E-state index in [2.05, 4.69) is 10.1 Å². The van der Waals surface area contributed by atoms with Gasteiger partial charge in [0.15, 0.2) is 5.78 Å². The monoisotopic (exact) mass is 247 g/mol. The maximum atomic E-state index is 11.3. The molecule has 0 aliphatic heterocycles. The molecular formula is C14H17NO3. The van der Waals surface area contributed by atoms with Gasteiger partial charge in [0.25, 0.3) is 0 Å². The molecule has 96 valence electrons. The Balaban J connectivity index is 2.71. The van der Waals surface area contributed by atoms with Gasteiger partial charge in [0.05, 0.1) is 7.11 Å². The van der Waals surface area contributed by atoms with Crippen molar-refractivity contribution in [3.63, 3.8) is 0 Å². The molecule has 0 radical (unpaired) electrons. The Bertz CT molecular complexity index is 478. The van der Waals surface area contributed by atoms with Crippen molar-refractivity contribution in [2.75, 3.05) is 7.11 Å². The van der Waals surface area contributed by atoms with Crippen LogP contribution >= 0.6 is 0 Å². The van der Waals surface area contributed by atoms with Gasteiger partial charge in [-0.3, -0.25) is 4.79 Å². The van der Waals surface area contributed by atoms with Crippen LogP contribution < -0.4 is 5.32 Å². The first kappa shape index (κ1) is 14.0. The van der Waals surface area contributed by atoms with Gasteiger partial charge >= 0.3 is 5.97 Å². The summed E-state index contributed by atoms with van der Waals surface area (Å²) in [7, 11) is 1.34. The summed E-state index contributed by atoms with van der Waals surface area (Å²) in [5.74, 6) is -0.378. The number of methoxy groups -OCH3 is 1. The summed E-state index contributed by atoms with van der Waals surface area (Å²) in [5, 5.41) is 2.98. The van der Waals surface area contributed by atoms with Gasteiger partial charge in [0.2, 0.25) is 0 Å². The van der Waals surface area contributed by atoms with E-state index < -0.39 is 5.97 Å². The molecular weight excluding hydrogens is 230 g/mol. The fraction of sp³-hybridized carbons (Fsp3) is 0.286. The first-order chi connectivity index (χ1) is 8.58. The van der Waals surface area contributed by atoms with Crippen LogP contribution in [0.1, 0.15) is 29.8 Å². The van der Waals surface area contributed by atoms with Crippen LogP contribution in [0.25, 0.3) is 0 Å². The predicted molar refractivity (Wildman–Crippen MR) is 69.1 cm³/mol. The lowest BCUT2D eigenvalue weighted by atomic mass is 10.1. The Morgan fingerprint density at radius 1 is 1.39 bits per heavy atom.